The second-order valence-corrected chi connectivity index (χ2v) is 8.16. The van der Waals surface area contributed by atoms with Crippen LogP contribution in [0.5, 0.6) is 11.5 Å². The van der Waals surface area contributed by atoms with Gasteiger partial charge >= 0.3 is 0 Å². The molecule has 1 aliphatic heterocycles. The summed E-state index contributed by atoms with van der Waals surface area (Å²) in [5.74, 6) is 1.28. The van der Waals surface area contributed by atoms with Gasteiger partial charge in [0, 0.05) is 22.9 Å². The van der Waals surface area contributed by atoms with Gasteiger partial charge in [-0.1, -0.05) is 72.4 Å². The molecular weight excluding hydrogens is 436 g/mol. The Labute approximate surface area is 195 Å². The highest BCUT2D eigenvalue weighted by molar-refractivity contribution is 7.99. The topological polar surface area (TPSA) is 86.2 Å². The largest absolute Gasteiger partial charge is 0.486 e. The first-order valence-electron chi connectivity index (χ1n) is 10.4. The highest BCUT2D eigenvalue weighted by Gasteiger charge is 2.16. The van der Waals surface area contributed by atoms with Crippen molar-refractivity contribution in [3.8, 4) is 34.0 Å². The fourth-order valence-corrected chi connectivity index (χ4v) is 4.00. The van der Waals surface area contributed by atoms with Crippen LogP contribution in [0.25, 0.3) is 22.5 Å². The third kappa shape index (κ3) is 4.96. The van der Waals surface area contributed by atoms with Gasteiger partial charge in [-0.05, 0) is 12.1 Å². The number of amides is 1. The maximum atomic E-state index is 12.5. The predicted octanol–water partition coefficient (Wildman–Crippen LogP) is 4.71. The van der Waals surface area contributed by atoms with Gasteiger partial charge in [0.25, 0.3) is 0 Å². The van der Waals surface area contributed by atoms with Gasteiger partial charge in [0.1, 0.15) is 24.6 Å². The predicted molar refractivity (Wildman–Crippen MR) is 127 cm³/mol. The first-order valence-corrected chi connectivity index (χ1v) is 11.4. The Morgan fingerprint density at radius 1 is 0.818 bits per heavy atom. The van der Waals surface area contributed by atoms with Crippen LogP contribution in [0, 0.1) is 0 Å². The summed E-state index contributed by atoms with van der Waals surface area (Å²) in [6.45, 7) is 1.02. The van der Waals surface area contributed by atoms with Gasteiger partial charge in [-0.15, -0.1) is 10.2 Å². The van der Waals surface area contributed by atoms with E-state index in [1.165, 1.54) is 11.8 Å². The minimum atomic E-state index is -0.173. The van der Waals surface area contributed by atoms with Gasteiger partial charge in [-0.3, -0.25) is 4.79 Å². The molecule has 0 atom stereocenters. The van der Waals surface area contributed by atoms with Crippen LogP contribution in [0.15, 0.2) is 84.0 Å². The second-order valence-electron chi connectivity index (χ2n) is 7.22. The molecule has 1 aromatic heterocycles. The van der Waals surface area contributed by atoms with E-state index >= 15 is 0 Å². The number of thioether (sulfide) groups is 1. The Morgan fingerprint density at radius 3 is 2.21 bits per heavy atom. The standard InChI is InChI=1S/C25H20N4O3S/c30-22(26-19-11-12-20-21(15-19)32-14-13-31-20)16-33-25-27-23(17-7-3-1-4-8-17)24(28-29-25)18-9-5-2-6-10-18/h1-12,15H,13-14,16H2,(H,26,30). The fourth-order valence-electron chi connectivity index (χ4n) is 3.41. The zero-order chi connectivity index (χ0) is 22.5. The Morgan fingerprint density at radius 2 is 1.48 bits per heavy atom. The summed E-state index contributed by atoms with van der Waals surface area (Å²) < 4.78 is 11.1. The van der Waals surface area contributed by atoms with E-state index in [0.29, 0.717) is 41.3 Å². The molecule has 7 nitrogen and oxygen atoms in total. The van der Waals surface area contributed by atoms with Crippen LogP contribution in [0.4, 0.5) is 5.69 Å². The number of carbonyl (C=O) groups excluding carboxylic acids is 1. The molecule has 8 heteroatoms. The molecule has 1 N–H and O–H groups in total. The molecule has 2 heterocycles. The summed E-state index contributed by atoms with van der Waals surface area (Å²) in [6, 6.07) is 25.0. The summed E-state index contributed by atoms with van der Waals surface area (Å²) in [5, 5.41) is 12.0. The van der Waals surface area contributed by atoms with Crippen LogP contribution in [-0.2, 0) is 4.79 Å². The molecule has 0 spiro atoms. The van der Waals surface area contributed by atoms with Crippen molar-refractivity contribution in [2.24, 2.45) is 0 Å². The van der Waals surface area contributed by atoms with Crippen LogP contribution >= 0.6 is 11.8 Å². The number of ether oxygens (including phenoxy) is 2. The molecule has 0 radical (unpaired) electrons. The summed E-state index contributed by atoms with van der Waals surface area (Å²) >= 11 is 1.24. The Bertz CT molecular complexity index is 1270. The lowest BCUT2D eigenvalue weighted by Crippen LogP contribution is -2.17. The van der Waals surface area contributed by atoms with E-state index in [2.05, 4.69) is 15.5 Å². The maximum absolute atomic E-state index is 12.5. The van der Waals surface area contributed by atoms with Crippen LogP contribution in [0.1, 0.15) is 0 Å². The Hall–Kier alpha value is -3.91. The summed E-state index contributed by atoms with van der Waals surface area (Å²) in [5.41, 5.74) is 3.95. The molecule has 1 aliphatic rings. The third-order valence-corrected chi connectivity index (χ3v) is 5.76. The van der Waals surface area contributed by atoms with E-state index in [1.54, 1.807) is 18.2 Å². The Kier molecular flexibility index (Phi) is 6.16. The number of fused-ring (bicyclic) bond motifs is 1. The van der Waals surface area contributed by atoms with E-state index in [0.717, 1.165) is 16.8 Å². The zero-order valence-electron chi connectivity index (χ0n) is 17.6. The van der Waals surface area contributed by atoms with Crippen LogP contribution in [0.2, 0.25) is 0 Å². The molecule has 0 bridgehead atoms. The fraction of sp³-hybridized carbons (Fsp3) is 0.120. The van der Waals surface area contributed by atoms with E-state index in [-0.39, 0.29) is 11.7 Å². The minimum absolute atomic E-state index is 0.148. The van der Waals surface area contributed by atoms with Crippen LogP contribution in [0.3, 0.4) is 0 Å². The molecule has 1 amide bonds. The summed E-state index contributed by atoms with van der Waals surface area (Å²) in [6.07, 6.45) is 0. The average Bonchev–Trinajstić information content (AvgIpc) is 2.88. The van der Waals surface area contributed by atoms with E-state index < -0.39 is 0 Å². The molecule has 0 fully saturated rings. The van der Waals surface area contributed by atoms with Crippen molar-refractivity contribution in [2.45, 2.75) is 5.16 Å². The van der Waals surface area contributed by atoms with Crippen molar-refractivity contribution < 1.29 is 14.3 Å². The first kappa shape index (κ1) is 21.0. The molecule has 0 unspecified atom stereocenters. The number of rotatable bonds is 6. The second kappa shape index (κ2) is 9.70. The van der Waals surface area contributed by atoms with Crippen molar-refractivity contribution >= 4 is 23.4 Å². The molecule has 0 aliphatic carbocycles. The van der Waals surface area contributed by atoms with Crippen molar-refractivity contribution in [3.63, 3.8) is 0 Å². The lowest BCUT2D eigenvalue weighted by atomic mass is 10.0. The van der Waals surface area contributed by atoms with E-state index in [4.69, 9.17) is 14.5 Å². The number of hydrogen-bond acceptors (Lipinski definition) is 7. The number of carbonyl (C=O) groups is 1. The van der Waals surface area contributed by atoms with Gasteiger partial charge in [0.05, 0.1) is 5.75 Å². The zero-order valence-corrected chi connectivity index (χ0v) is 18.4. The Balaban J connectivity index is 1.32. The molecular formula is C25H20N4O3S. The molecule has 5 rings (SSSR count). The van der Waals surface area contributed by atoms with E-state index in [1.807, 2.05) is 60.7 Å². The van der Waals surface area contributed by atoms with Gasteiger partial charge in [-0.2, -0.15) is 0 Å². The number of aromatic nitrogens is 3. The average molecular weight is 457 g/mol. The van der Waals surface area contributed by atoms with Crippen LogP contribution in [-0.4, -0.2) is 40.1 Å². The highest BCUT2D eigenvalue weighted by Crippen LogP contribution is 2.33. The molecule has 164 valence electrons. The first-order chi connectivity index (χ1) is 16.3. The van der Waals surface area contributed by atoms with Crippen molar-refractivity contribution in [2.75, 3.05) is 24.3 Å². The number of benzene rings is 3. The third-order valence-electron chi connectivity index (χ3n) is 4.92. The van der Waals surface area contributed by atoms with Gasteiger partial charge in [0.15, 0.2) is 11.5 Å². The number of hydrogen-bond donors (Lipinski definition) is 1. The smallest absolute Gasteiger partial charge is 0.234 e. The molecule has 4 aromatic rings. The van der Waals surface area contributed by atoms with Gasteiger partial charge in [-0.25, -0.2) is 4.98 Å². The monoisotopic (exact) mass is 456 g/mol. The summed E-state index contributed by atoms with van der Waals surface area (Å²) in [7, 11) is 0. The number of nitrogens with zero attached hydrogens (tertiary/aromatic N) is 3. The molecule has 0 saturated carbocycles. The molecule has 0 saturated heterocycles. The number of nitrogens with one attached hydrogen (secondary N) is 1. The van der Waals surface area contributed by atoms with Crippen molar-refractivity contribution in [1.29, 1.82) is 0 Å². The quantitative estimate of drug-likeness (QED) is 0.421. The normalized spacial score (nSPS) is 12.2. The maximum Gasteiger partial charge on any atom is 0.234 e. The van der Waals surface area contributed by atoms with Gasteiger partial charge < -0.3 is 14.8 Å². The number of anilines is 1. The SMILES string of the molecule is O=C(CSc1nnc(-c2ccccc2)c(-c2ccccc2)n1)Nc1ccc2c(c1)OCCO2. The lowest BCUT2D eigenvalue weighted by Gasteiger charge is -2.18. The molecule has 3 aromatic carbocycles. The van der Waals surface area contributed by atoms with Crippen LogP contribution < -0.4 is 14.8 Å². The van der Waals surface area contributed by atoms with E-state index in [9.17, 15) is 4.79 Å². The summed E-state index contributed by atoms with van der Waals surface area (Å²) in [4.78, 5) is 17.2. The lowest BCUT2D eigenvalue weighted by molar-refractivity contribution is -0.113. The van der Waals surface area contributed by atoms with Crippen molar-refractivity contribution in [3.05, 3.63) is 78.9 Å². The minimum Gasteiger partial charge on any atom is -0.486 e. The highest BCUT2D eigenvalue weighted by atomic mass is 32.2. The van der Waals surface area contributed by atoms with Crippen molar-refractivity contribution in [1.82, 2.24) is 15.2 Å². The van der Waals surface area contributed by atoms with Gasteiger partial charge in [0.2, 0.25) is 11.1 Å². The molecule has 33 heavy (non-hydrogen) atoms.